The van der Waals surface area contributed by atoms with Crippen LogP contribution in [-0.2, 0) is 13.1 Å². The predicted molar refractivity (Wildman–Crippen MR) is 114 cm³/mol. The van der Waals surface area contributed by atoms with Crippen LogP contribution < -0.4 is 0 Å². The normalized spacial score (nSPS) is 15.9. The molecule has 4 rings (SSSR count). The highest BCUT2D eigenvalue weighted by atomic mass is 35.5. The minimum Gasteiger partial charge on any atom is -0.297 e. The van der Waals surface area contributed by atoms with Gasteiger partial charge in [-0.15, -0.1) is 11.3 Å². The van der Waals surface area contributed by atoms with E-state index in [2.05, 4.69) is 46.4 Å². The van der Waals surface area contributed by atoms with Gasteiger partial charge < -0.3 is 0 Å². The Morgan fingerprint density at radius 1 is 0.926 bits per heavy atom. The Balaban J connectivity index is 1.32. The highest BCUT2D eigenvalue weighted by Crippen LogP contribution is 2.30. The van der Waals surface area contributed by atoms with Gasteiger partial charge in [0.2, 0.25) is 0 Å². The molecule has 0 spiro atoms. The third kappa shape index (κ3) is 4.58. The molecule has 1 aromatic heterocycles. The first-order valence-corrected chi connectivity index (χ1v) is 10.6. The van der Waals surface area contributed by atoms with Crippen molar-refractivity contribution >= 4 is 22.9 Å². The number of aromatic nitrogens is 1. The number of piperazine rings is 1. The number of nitrogens with zero attached hydrogens (tertiary/aromatic N) is 3. The average Bonchev–Trinajstić information content (AvgIpc) is 3.14. The third-order valence-corrected chi connectivity index (χ3v) is 6.42. The molecule has 0 aliphatic carbocycles. The lowest BCUT2D eigenvalue weighted by Gasteiger charge is -2.34. The van der Waals surface area contributed by atoms with E-state index < -0.39 is 0 Å². The van der Waals surface area contributed by atoms with Crippen molar-refractivity contribution in [2.45, 2.75) is 20.0 Å². The van der Waals surface area contributed by atoms with Crippen molar-refractivity contribution in [2.75, 3.05) is 26.2 Å². The molecule has 2 heterocycles. The number of aryl methyl sites for hydroxylation is 1. The molecule has 0 unspecified atom stereocenters. The van der Waals surface area contributed by atoms with E-state index >= 15 is 0 Å². The van der Waals surface area contributed by atoms with Gasteiger partial charge in [0.25, 0.3) is 0 Å². The van der Waals surface area contributed by atoms with Crippen LogP contribution in [0, 0.1) is 6.92 Å². The van der Waals surface area contributed by atoms with Gasteiger partial charge in [0, 0.05) is 50.2 Å². The van der Waals surface area contributed by atoms with Crippen LogP contribution in [0.4, 0.5) is 0 Å². The standard InChI is InChI=1S/C22H24ClN3S/c1-17-6-2-3-7-18(17)14-25-10-12-26(13-11-25)15-19-16-27-22(24-19)20-8-4-5-9-21(20)23/h2-9,16H,10-15H2,1H3. The van der Waals surface area contributed by atoms with Crippen LogP contribution >= 0.6 is 22.9 Å². The monoisotopic (exact) mass is 397 g/mol. The number of rotatable bonds is 5. The Morgan fingerprint density at radius 3 is 2.33 bits per heavy atom. The van der Waals surface area contributed by atoms with E-state index in [9.17, 15) is 0 Å². The zero-order valence-corrected chi connectivity index (χ0v) is 17.1. The van der Waals surface area contributed by atoms with Gasteiger partial charge in [0.05, 0.1) is 10.7 Å². The molecular weight excluding hydrogens is 374 g/mol. The fourth-order valence-corrected chi connectivity index (χ4v) is 4.63. The van der Waals surface area contributed by atoms with Gasteiger partial charge in [0.1, 0.15) is 5.01 Å². The van der Waals surface area contributed by atoms with Crippen LogP contribution in [0.3, 0.4) is 0 Å². The van der Waals surface area contributed by atoms with Crippen LogP contribution in [-0.4, -0.2) is 41.0 Å². The molecule has 0 radical (unpaired) electrons. The van der Waals surface area contributed by atoms with Gasteiger partial charge in [-0.25, -0.2) is 4.98 Å². The number of thiazole rings is 1. The van der Waals surface area contributed by atoms with E-state index in [4.69, 9.17) is 16.6 Å². The molecule has 0 amide bonds. The lowest BCUT2D eigenvalue weighted by atomic mass is 10.1. The summed E-state index contributed by atoms with van der Waals surface area (Å²) in [6.07, 6.45) is 0. The van der Waals surface area contributed by atoms with Crippen molar-refractivity contribution in [1.29, 1.82) is 0 Å². The summed E-state index contributed by atoms with van der Waals surface area (Å²) in [7, 11) is 0. The van der Waals surface area contributed by atoms with Crippen LogP contribution in [0.25, 0.3) is 10.6 Å². The summed E-state index contributed by atoms with van der Waals surface area (Å²) in [6.45, 7) is 8.55. The molecule has 0 bridgehead atoms. The molecular formula is C22H24ClN3S. The van der Waals surface area contributed by atoms with Crippen molar-refractivity contribution in [3.8, 4) is 10.6 Å². The largest absolute Gasteiger partial charge is 0.297 e. The van der Waals surface area contributed by atoms with Crippen molar-refractivity contribution in [3.05, 3.63) is 75.8 Å². The second-order valence-corrected chi connectivity index (χ2v) is 8.37. The Bertz CT molecular complexity index is 900. The molecule has 3 aromatic rings. The lowest BCUT2D eigenvalue weighted by Crippen LogP contribution is -2.45. The second-order valence-electron chi connectivity index (χ2n) is 7.10. The first-order chi connectivity index (χ1) is 13.2. The molecule has 2 aromatic carbocycles. The quantitative estimate of drug-likeness (QED) is 0.597. The molecule has 140 valence electrons. The van der Waals surface area contributed by atoms with E-state index in [-0.39, 0.29) is 0 Å². The fraction of sp³-hybridized carbons (Fsp3) is 0.318. The predicted octanol–water partition coefficient (Wildman–Crippen LogP) is 5.09. The van der Waals surface area contributed by atoms with Gasteiger partial charge in [-0.3, -0.25) is 9.80 Å². The second kappa shape index (κ2) is 8.53. The molecule has 1 aliphatic rings. The van der Waals surface area contributed by atoms with Gasteiger partial charge in [-0.05, 0) is 24.1 Å². The Hall–Kier alpha value is -1.72. The minimum atomic E-state index is 0.767. The van der Waals surface area contributed by atoms with E-state index in [0.717, 1.165) is 60.6 Å². The molecule has 1 aliphatic heterocycles. The Kier molecular flexibility index (Phi) is 5.89. The van der Waals surface area contributed by atoms with Crippen LogP contribution in [0.15, 0.2) is 53.9 Å². The van der Waals surface area contributed by atoms with E-state index in [1.165, 1.54) is 11.1 Å². The molecule has 0 N–H and O–H groups in total. The SMILES string of the molecule is Cc1ccccc1CN1CCN(Cc2csc(-c3ccccc3Cl)n2)CC1. The lowest BCUT2D eigenvalue weighted by molar-refractivity contribution is 0.121. The molecule has 1 fully saturated rings. The third-order valence-electron chi connectivity index (χ3n) is 5.16. The first-order valence-electron chi connectivity index (χ1n) is 9.37. The van der Waals surface area contributed by atoms with Crippen LogP contribution in [0.5, 0.6) is 0 Å². The molecule has 27 heavy (non-hydrogen) atoms. The average molecular weight is 398 g/mol. The van der Waals surface area contributed by atoms with Crippen molar-refractivity contribution < 1.29 is 0 Å². The van der Waals surface area contributed by atoms with Gasteiger partial charge >= 0.3 is 0 Å². The van der Waals surface area contributed by atoms with Gasteiger partial charge in [-0.1, -0.05) is 54.1 Å². The molecule has 3 nitrogen and oxygen atoms in total. The van der Waals surface area contributed by atoms with E-state index in [1.54, 1.807) is 11.3 Å². The molecule has 5 heteroatoms. The van der Waals surface area contributed by atoms with Gasteiger partial charge in [0.15, 0.2) is 0 Å². The zero-order chi connectivity index (χ0) is 18.6. The van der Waals surface area contributed by atoms with E-state index in [1.807, 2.05) is 24.3 Å². The van der Waals surface area contributed by atoms with Crippen molar-refractivity contribution in [3.63, 3.8) is 0 Å². The van der Waals surface area contributed by atoms with Gasteiger partial charge in [-0.2, -0.15) is 0 Å². The Morgan fingerprint density at radius 2 is 1.59 bits per heavy atom. The summed E-state index contributed by atoms with van der Waals surface area (Å²) in [5.41, 5.74) is 4.99. The van der Waals surface area contributed by atoms with Crippen LogP contribution in [0.1, 0.15) is 16.8 Å². The summed E-state index contributed by atoms with van der Waals surface area (Å²) >= 11 is 7.98. The van der Waals surface area contributed by atoms with Crippen LogP contribution in [0.2, 0.25) is 5.02 Å². The number of halogens is 1. The topological polar surface area (TPSA) is 19.4 Å². The maximum Gasteiger partial charge on any atom is 0.125 e. The number of hydrogen-bond acceptors (Lipinski definition) is 4. The Labute approximate surface area is 170 Å². The zero-order valence-electron chi connectivity index (χ0n) is 15.6. The summed E-state index contributed by atoms with van der Waals surface area (Å²) in [6, 6.07) is 16.6. The summed E-state index contributed by atoms with van der Waals surface area (Å²) < 4.78 is 0. The van der Waals surface area contributed by atoms with Crippen molar-refractivity contribution in [2.24, 2.45) is 0 Å². The smallest absolute Gasteiger partial charge is 0.125 e. The summed E-state index contributed by atoms with van der Waals surface area (Å²) in [5.74, 6) is 0. The minimum absolute atomic E-state index is 0.767. The maximum absolute atomic E-state index is 6.30. The molecule has 1 saturated heterocycles. The van der Waals surface area contributed by atoms with Crippen molar-refractivity contribution in [1.82, 2.24) is 14.8 Å². The summed E-state index contributed by atoms with van der Waals surface area (Å²) in [5, 5.41) is 3.94. The molecule has 0 saturated carbocycles. The molecule has 0 atom stereocenters. The number of hydrogen-bond donors (Lipinski definition) is 0. The first kappa shape index (κ1) is 18.6. The summed E-state index contributed by atoms with van der Waals surface area (Å²) in [4.78, 5) is 9.86. The highest BCUT2D eigenvalue weighted by molar-refractivity contribution is 7.13. The maximum atomic E-state index is 6.30. The van der Waals surface area contributed by atoms with E-state index in [0.29, 0.717) is 0 Å². The highest BCUT2D eigenvalue weighted by Gasteiger charge is 2.19. The number of benzene rings is 2. The fourth-order valence-electron chi connectivity index (χ4n) is 3.50.